The van der Waals surface area contributed by atoms with Crippen LogP contribution in [0.4, 0.5) is 25.1 Å². The Bertz CT molecular complexity index is 1200. The van der Waals surface area contributed by atoms with E-state index in [1.165, 1.54) is 12.1 Å². The van der Waals surface area contributed by atoms with Crippen molar-refractivity contribution in [1.29, 1.82) is 0 Å². The van der Waals surface area contributed by atoms with E-state index in [-0.39, 0.29) is 17.3 Å². The number of hydrogen-bond donors (Lipinski definition) is 1. The summed E-state index contributed by atoms with van der Waals surface area (Å²) in [5.41, 5.74) is 2.35. The van der Waals surface area contributed by atoms with Crippen molar-refractivity contribution in [3.05, 3.63) is 42.5 Å². The predicted molar refractivity (Wildman–Crippen MR) is 103 cm³/mol. The molecule has 156 valence electrons. The first-order chi connectivity index (χ1) is 14.4. The first-order valence-corrected chi connectivity index (χ1v) is 9.41. The van der Waals surface area contributed by atoms with Crippen LogP contribution < -0.4 is 10.1 Å². The van der Waals surface area contributed by atoms with Gasteiger partial charge in [0.25, 0.3) is 0 Å². The molecule has 2 aromatic heterocycles. The molecule has 2 aromatic carbocycles. The fourth-order valence-electron chi connectivity index (χ4n) is 3.59. The van der Waals surface area contributed by atoms with Crippen molar-refractivity contribution in [2.75, 3.05) is 18.5 Å². The number of alkyl halides is 3. The number of nitrogens with zero attached hydrogens (tertiary/aromatic N) is 3. The summed E-state index contributed by atoms with van der Waals surface area (Å²) in [6.07, 6.45) is -3.81. The summed E-state index contributed by atoms with van der Waals surface area (Å²) in [4.78, 5) is 8.92. The summed E-state index contributed by atoms with van der Waals surface area (Å²) in [7, 11) is 0. The molecule has 0 saturated carbocycles. The Morgan fingerprint density at radius 1 is 1.13 bits per heavy atom. The maximum atomic E-state index is 12.4. The number of hydrogen-bond acceptors (Lipinski definition) is 6. The van der Waals surface area contributed by atoms with Crippen LogP contribution in [0.2, 0.25) is 0 Å². The van der Waals surface area contributed by atoms with Gasteiger partial charge in [0.05, 0.1) is 17.6 Å². The summed E-state index contributed by atoms with van der Waals surface area (Å²) < 4.78 is 54.4. The first-order valence-electron chi connectivity index (χ1n) is 9.41. The van der Waals surface area contributed by atoms with E-state index in [1.54, 1.807) is 0 Å². The molecule has 1 unspecified atom stereocenters. The number of rotatable bonds is 5. The van der Waals surface area contributed by atoms with Crippen molar-refractivity contribution >= 4 is 34.1 Å². The van der Waals surface area contributed by atoms with Crippen LogP contribution in [0, 0.1) is 5.92 Å². The van der Waals surface area contributed by atoms with Crippen LogP contribution in [-0.4, -0.2) is 34.1 Å². The molecule has 0 spiro atoms. The molecule has 0 amide bonds. The Hall–Kier alpha value is -3.27. The van der Waals surface area contributed by atoms with Crippen LogP contribution in [0.1, 0.15) is 6.42 Å². The lowest BCUT2D eigenvalue weighted by Crippen LogP contribution is -2.16. The molecule has 1 aliphatic heterocycles. The van der Waals surface area contributed by atoms with E-state index in [9.17, 15) is 13.2 Å². The fraction of sp³-hybridized carbons (Fsp3) is 0.300. The molecule has 0 bridgehead atoms. The zero-order chi connectivity index (χ0) is 20.7. The van der Waals surface area contributed by atoms with Gasteiger partial charge in [0, 0.05) is 25.1 Å². The lowest BCUT2D eigenvalue weighted by atomic mass is 10.1. The molecule has 4 aromatic rings. The maximum absolute atomic E-state index is 12.4. The minimum Gasteiger partial charge on any atom is -0.423 e. The van der Waals surface area contributed by atoms with Crippen molar-refractivity contribution in [3.63, 3.8) is 0 Å². The van der Waals surface area contributed by atoms with Crippen molar-refractivity contribution < 1.29 is 27.1 Å². The number of anilines is 2. The van der Waals surface area contributed by atoms with Crippen LogP contribution in [0.15, 0.2) is 46.9 Å². The first kappa shape index (κ1) is 18.7. The lowest BCUT2D eigenvalue weighted by Gasteiger charge is -2.12. The van der Waals surface area contributed by atoms with Crippen LogP contribution >= 0.6 is 0 Å². The molecule has 1 fully saturated rings. The molecule has 3 heterocycles. The van der Waals surface area contributed by atoms with Gasteiger partial charge in [0.15, 0.2) is 5.58 Å². The average Bonchev–Trinajstić information content (AvgIpc) is 3.40. The molecule has 1 N–H and O–H groups in total. The Morgan fingerprint density at radius 3 is 2.80 bits per heavy atom. The smallest absolute Gasteiger partial charge is 0.423 e. The van der Waals surface area contributed by atoms with E-state index in [0.29, 0.717) is 30.5 Å². The fourth-order valence-corrected chi connectivity index (χ4v) is 3.59. The second-order valence-corrected chi connectivity index (χ2v) is 7.09. The summed E-state index contributed by atoms with van der Waals surface area (Å²) in [6.45, 7) is 2.15. The highest BCUT2D eigenvalue weighted by Crippen LogP contribution is 2.30. The van der Waals surface area contributed by atoms with Gasteiger partial charge in [0.1, 0.15) is 11.3 Å². The maximum Gasteiger partial charge on any atom is 0.573 e. The van der Waals surface area contributed by atoms with E-state index in [0.717, 1.165) is 30.1 Å². The van der Waals surface area contributed by atoms with Crippen LogP contribution in [0.25, 0.3) is 22.1 Å². The average molecular weight is 418 g/mol. The highest BCUT2D eigenvalue weighted by Gasteiger charge is 2.31. The summed E-state index contributed by atoms with van der Waals surface area (Å²) >= 11 is 0. The zero-order valence-electron chi connectivity index (χ0n) is 15.6. The van der Waals surface area contributed by atoms with Gasteiger partial charge in [-0.2, -0.15) is 4.98 Å². The van der Waals surface area contributed by atoms with Crippen molar-refractivity contribution in [2.45, 2.75) is 19.3 Å². The van der Waals surface area contributed by atoms with E-state index in [1.807, 2.05) is 28.8 Å². The normalized spacial score (nSPS) is 17.1. The van der Waals surface area contributed by atoms with Crippen molar-refractivity contribution in [2.24, 2.45) is 5.92 Å². The van der Waals surface area contributed by atoms with Gasteiger partial charge < -0.3 is 18.5 Å². The predicted octanol–water partition coefficient (Wildman–Crippen LogP) is 4.86. The Labute approximate surface area is 168 Å². The van der Waals surface area contributed by atoms with E-state index in [2.05, 4.69) is 20.0 Å². The molecule has 5 rings (SSSR count). The Kier molecular flexibility index (Phi) is 4.50. The largest absolute Gasteiger partial charge is 0.573 e. The van der Waals surface area contributed by atoms with Gasteiger partial charge in [-0.15, -0.1) is 13.2 Å². The van der Waals surface area contributed by atoms with E-state index >= 15 is 0 Å². The molecule has 0 aliphatic carbocycles. The topological polar surface area (TPSA) is 74.3 Å². The number of halogens is 3. The quantitative estimate of drug-likeness (QED) is 0.499. The highest BCUT2D eigenvalue weighted by molar-refractivity contribution is 5.80. The van der Waals surface area contributed by atoms with Gasteiger partial charge in [-0.25, -0.2) is 4.98 Å². The van der Waals surface area contributed by atoms with Crippen LogP contribution in [0.3, 0.4) is 0 Å². The van der Waals surface area contributed by atoms with Crippen LogP contribution in [0.5, 0.6) is 5.75 Å². The van der Waals surface area contributed by atoms with E-state index < -0.39 is 6.36 Å². The monoisotopic (exact) mass is 418 g/mol. The molecule has 1 aliphatic rings. The second-order valence-electron chi connectivity index (χ2n) is 7.09. The van der Waals surface area contributed by atoms with Gasteiger partial charge in [0.2, 0.25) is 5.95 Å². The number of nitrogens with one attached hydrogen (secondary N) is 1. The van der Waals surface area contributed by atoms with Crippen molar-refractivity contribution in [1.82, 2.24) is 14.5 Å². The molecule has 10 heteroatoms. The minimum atomic E-state index is -4.77. The van der Waals surface area contributed by atoms with Gasteiger partial charge in [-0.1, -0.05) is 12.1 Å². The molecule has 7 nitrogen and oxygen atoms in total. The molecule has 1 saturated heterocycles. The number of aromatic nitrogens is 3. The lowest BCUT2D eigenvalue weighted by molar-refractivity contribution is -0.274. The minimum absolute atomic E-state index is 0.133. The van der Waals surface area contributed by atoms with Gasteiger partial charge in [-0.05, 0) is 30.7 Å². The van der Waals surface area contributed by atoms with Crippen molar-refractivity contribution in [3.8, 4) is 5.75 Å². The standard InChI is InChI=1S/C20H17F3N4O3/c21-20(22,23)30-13-5-6-15-17(9-13)29-19(25-15)26-18-24-14-3-1-2-4-16(14)27(18)10-12-7-8-28-11-12/h1-6,9,12H,7-8,10-11H2,(H,24,25,26). The number of fused-ring (bicyclic) bond motifs is 2. The summed E-state index contributed by atoms with van der Waals surface area (Å²) in [5.74, 6) is 0.543. The number of benzene rings is 2. The second kappa shape index (κ2) is 7.21. The summed E-state index contributed by atoms with van der Waals surface area (Å²) in [6, 6.07) is 11.6. The number of oxazole rings is 1. The number of para-hydroxylation sites is 2. The third kappa shape index (κ3) is 3.78. The SMILES string of the molecule is FC(F)(F)Oc1ccc2nc(Nc3nc4ccccc4n3CC3CCOC3)oc2c1. The Morgan fingerprint density at radius 2 is 2.00 bits per heavy atom. The molecule has 1 atom stereocenters. The Balaban J connectivity index is 1.46. The number of imidazole rings is 1. The summed E-state index contributed by atoms with van der Waals surface area (Å²) in [5, 5.41) is 3.06. The number of ether oxygens (including phenoxy) is 2. The highest BCUT2D eigenvalue weighted by atomic mass is 19.4. The van der Waals surface area contributed by atoms with Gasteiger partial charge >= 0.3 is 12.4 Å². The molecular weight excluding hydrogens is 401 g/mol. The van der Waals surface area contributed by atoms with E-state index in [4.69, 9.17) is 9.15 Å². The van der Waals surface area contributed by atoms with Crippen LogP contribution in [-0.2, 0) is 11.3 Å². The third-order valence-corrected chi connectivity index (χ3v) is 4.93. The molecule has 30 heavy (non-hydrogen) atoms. The zero-order valence-corrected chi connectivity index (χ0v) is 15.6. The molecular formula is C20H17F3N4O3. The third-order valence-electron chi connectivity index (χ3n) is 4.93. The van der Waals surface area contributed by atoms with Gasteiger partial charge in [-0.3, -0.25) is 5.32 Å². The molecule has 0 radical (unpaired) electrons.